The van der Waals surface area contributed by atoms with Crippen molar-refractivity contribution in [2.75, 3.05) is 0 Å². The maximum Gasteiger partial charge on any atom is 0.438 e. The molecule has 0 fully saturated rings. The van der Waals surface area contributed by atoms with Crippen molar-refractivity contribution in [3.05, 3.63) is 53.9 Å². The molecule has 1 aromatic carbocycles. The largest absolute Gasteiger partial charge is 0.438 e. The molecule has 0 saturated carbocycles. The number of nitrogens with zero attached hydrogens (tertiary/aromatic N) is 5. The molecule has 0 radical (unpaired) electrons. The number of fused-ring (bicyclic) bond motifs is 1. The van der Waals surface area contributed by atoms with Crippen molar-refractivity contribution in [1.82, 2.24) is 19.6 Å². The summed E-state index contributed by atoms with van der Waals surface area (Å²) in [5.41, 5.74) is -6.06. The van der Waals surface area contributed by atoms with Crippen molar-refractivity contribution in [3.63, 3.8) is 0 Å². The van der Waals surface area contributed by atoms with Crippen LogP contribution in [0, 0.1) is 0 Å². The molecule has 3 heterocycles. The number of amides is 1. The van der Waals surface area contributed by atoms with Gasteiger partial charge in [0.25, 0.3) is 11.6 Å². The standard InChI is InChI=1S/C19H13F6N5O2/c1-10-9-17(32,19(23,24)25)30(27-10)16(31)13-8-15-26-12(11-5-3-2-4-6-11)7-14(18(20,21)22)29(15)28-13/h2-8,32H,9H2,1H3. The molecule has 168 valence electrons. The second kappa shape index (κ2) is 7.02. The summed E-state index contributed by atoms with van der Waals surface area (Å²) in [5, 5.41) is 16.8. The molecule has 0 spiro atoms. The Labute approximate surface area is 175 Å². The summed E-state index contributed by atoms with van der Waals surface area (Å²) in [6.45, 7) is 1.17. The van der Waals surface area contributed by atoms with Crippen LogP contribution in [0.3, 0.4) is 0 Å². The van der Waals surface area contributed by atoms with Crippen molar-refractivity contribution in [1.29, 1.82) is 0 Å². The number of hydrogen-bond donors (Lipinski definition) is 1. The van der Waals surface area contributed by atoms with Crippen molar-refractivity contribution in [2.24, 2.45) is 5.10 Å². The van der Waals surface area contributed by atoms with Gasteiger partial charge in [0, 0.05) is 23.8 Å². The molecule has 32 heavy (non-hydrogen) atoms. The van der Waals surface area contributed by atoms with E-state index in [9.17, 15) is 36.2 Å². The van der Waals surface area contributed by atoms with Gasteiger partial charge in [-0.25, -0.2) is 9.50 Å². The van der Waals surface area contributed by atoms with Crippen LogP contribution in [-0.4, -0.2) is 48.2 Å². The lowest BCUT2D eigenvalue weighted by atomic mass is 10.1. The van der Waals surface area contributed by atoms with E-state index in [0.29, 0.717) is 16.1 Å². The highest BCUT2D eigenvalue weighted by molar-refractivity contribution is 5.97. The monoisotopic (exact) mass is 457 g/mol. The van der Waals surface area contributed by atoms with Crippen LogP contribution < -0.4 is 0 Å². The second-order valence-corrected chi connectivity index (χ2v) is 7.13. The predicted molar refractivity (Wildman–Crippen MR) is 98.3 cm³/mol. The minimum Gasteiger partial charge on any atom is -0.362 e. The Hall–Kier alpha value is -3.48. The maximum absolute atomic E-state index is 13.7. The zero-order chi connectivity index (χ0) is 23.5. The zero-order valence-electron chi connectivity index (χ0n) is 16.1. The van der Waals surface area contributed by atoms with Gasteiger partial charge in [-0.15, -0.1) is 0 Å². The van der Waals surface area contributed by atoms with Crippen LogP contribution >= 0.6 is 0 Å². The molecule has 4 rings (SSSR count). The Morgan fingerprint density at radius 1 is 1.09 bits per heavy atom. The van der Waals surface area contributed by atoms with E-state index in [0.717, 1.165) is 6.07 Å². The minimum absolute atomic E-state index is 0.0776. The number of halogens is 6. The van der Waals surface area contributed by atoms with Crippen LogP contribution in [0.25, 0.3) is 16.9 Å². The van der Waals surface area contributed by atoms with Gasteiger partial charge < -0.3 is 5.11 Å². The van der Waals surface area contributed by atoms with E-state index < -0.39 is 47.4 Å². The van der Waals surface area contributed by atoms with E-state index in [-0.39, 0.29) is 16.4 Å². The zero-order valence-corrected chi connectivity index (χ0v) is 16.1. The Bertz CT molecular complexity index is 1230. The fourth-order valence-corrected chi connectivity index (χ4v) is 3.30. The number of aromatic nitrogens is 3. The van der Waals surface area contributed by atoms with Crippen LogP contribution in [0.1, 0.15) is 29.5 Å². The molecule has 0 aliphatic carbocycles. The van der Waals surface area contributed by atoms with E-state index in [4.69, 9.17) is 0 Å². The van der Waals surface area contributed by atoms with E-state index >= 15 is 0 Å². The number of benzene rings is 1. The number of hydrazone groups is 1. The number of carbonyl (C=O) groups excluding carboxylic acids is 1. The average Bonchev–Trinajstić information content (AvgIpc) is 3.27. The van der Waals surface area contributed by atoms with Crippen LogP contribution in [-0.2, 0) is 6.18 Å². The molecule has 1 aliphatic rings. The van der Waals surface area contributed by atoms with Crippen LogP contribution in [0.2, 0.25) is 0 Å². The summed E-state index contributed by atoms with van der Waals surface area (Å²) >= 11 is 0. The Balaban J connectivity index is 1.85. The van der Waals surface area contributed by atoms with Crippen molar-refractivity contribution < 1.29 is 36.2 Å². The lowest BCUT2D eigenvalue weighted by Gasteiger charge is -2.32. The third kappa shape index (κ3) is 3.47. The van der Waals surface area contributed by atoms with E-state index in [2.05, 4.69) is 15.2 Å². The molecule has 1 unspecified atom stereocenters. The molecular formula is C19H13F6N5O2. The number of rotatable bonds is 2. The molecule has 1 amide bonds. The summed E-state index contributed by atoms with van der Waals surface area (Å²) in [6, 6.07) is 9.40. The van der Waals surface area contributed by atoms with Crippen molar-refractivity contribution in [2.45, 2.75) is 31.4 Å². The number of carbonyl (C=O) groups is 1. The summed E-state index contributed by atoms with van der Waals surface area (Å²) in [5.74, 6) is -1.53. The fraction of sp³-hybridized carbons (Fsp3) is 0.263. The highest BCUT2D eigenvalue weighted by atomic mass is 19.4. The smallest absolute Gasteiger partial charge is 0.362 e. The SMILES string of the molecule is CC1=NN(C(=O)c2cc3nc(-c4ccccc4)cc(C(F)(F)F)n3n2)C(O)(C(F)(F)F)C1. The molecule has 1 N–H and O–H groups in total. The first kappa shape index (κ1) is 21.7. The Kier molecular flexibility index (Phi) is 4.77. The third-order valence-electron chi connectivity index (χ3n) is 4.78. The quantitative estimate of drug-likeness (QED) is 0.592. The number of alkyl halides is 6. The van der Waals surface area contributed by atoms with Crippen LogP contribution in [0.15, 0.2) is 47.6 Å². The van der Waals surface area contributed by atoms with Crippen LogP contribution in [0.5, 0.6) is 0 Å². The topological polar surface area (TPSA) is 83.1 Å². The number of hydrogen-bond acceptors (Lipinski definition) is 5. The molecule has 1 atom stereocenters. The van der Waals surface area contributed by atoms with Gasteiger partial charge in [-0.2, -0.15) is 41.6 Å². The van der Waals surface area contributed by atoms with Gasteiger partial charge in [-0.05, 0) is 13.0 Å². The lowest BCUT2D eigenvalue weighted by Crippen LogP contribution is -2.56. The summed E-state index contributed by atoms with van der Waals surface area (Å²) in [7, 11) is 0. The first-order chi connectivity index (χ1) is 14.8. The molecule has 7 nitrogen and oxygen atoms in total. The molecule has 2 aromatic heterocycles. The molecule has 3 aromatic rings. The minimum atomic E-state index is -5.26. The molecule has 0 bridgehead atoms. The van der Waals surface area contributed by atoms with Gasteiger partial charge in [0.2, 0.25) is 0 Å². The van der Waals surface area contributed by atoms with Gasteiger partial charge in [0.05, 0.1) is 5.69 Å². The third-order valence-corrected chi connectivity index (χ3v) is 4.78. The summed E-state index contributed by atoms with van der Waals surface area (Å²) in [6.07, 6.45) is -11.2. The number of aliphatic hydroxyl groups is 1. The van der Waals surface area contributed by atoms with Gasteiger partial charge in [0.1, 0.15) is 0 Å². The highest BCUT2D eigenvalue weighted by Crippen LogP contribution is 2.41. The summed E-state index contributed by atoms with van der Waals surface area (Å²) in [4.78, 5) is 16.8. The fourth-order valence-electron chi connectivity index (χ4n) is 3.30. The van der Waals surface area contributed by atoms with Crippen molar-refractivity contribution in [3.8, 4) is 11.3 Å². The molecule has 13 heteroatoms. The average molecular weight is 457 g/mol. The van der Waals surface area contributed by atoms with E-state index in [1.165, 1.54) is 19.1 Å². The highest BCUT2D eigenvalue weighted by Gasteiger charge is 2.63. The molecule has 0 saturated heterocycles. The first-order valence-electron chi connectivity index (χ1n) is 9.02. The lowest BCUT2D eigenvalue weighted by molar-refractivity contribution is -0.297. The van der Waals surface area contributed by atoms with Gasteiger partial charge in [0.15, 0.2) is 17.0 Å². The molecular weight excluding hydrogens is 444 g/mol. The predicted octanol–water partition coefficient (Wildman–Crippen LogP) is 3.89. The van der Waals surface area contributed by atoms with Crippen LogP contribution in [0.4, 0.5) is 26.3 Å². The van der Waals surface area contributed by atoms with Crippen molar-refractivity contribution >= 4 is 17.3 Å². The van der Waals surface area contributed by atoms with E-state index in [1.54, 1.807) is 18.2 Å². The molecule has 1 aliphatic heterocycles. The Morgan fingerprint density at radius 3 is 2.34 bits per heavy atom. The Morgan fingerprint density at radius 2 is 1.75 bits per heavy atom. The first-order valence-corrected chi connectivity index (χ1v) is 9.02. The summed E-state index contributed by atoms with van der Waals surface area (Å²) < 4.78 is 81.5. The van der Waals surface area contributed by atoms with E-state index in [1.807, 2.05) is 0 Å². The maximum atomic E-state index is 13.7. The normalized spacial score (nSPS) is 19.5. The second-order valence-electron chi connectivity index (χ2n) is 7.13. The van der Waals surface area contributed by atoms with Gasteiger partial charge >= 0.3 is 12.4 Å². The van der Waals surface area contributed by atoms with Gasteiger partial charge in [-0.3, -0.25) is 4.79 Å². The van der Waals surface area contributed by atoms with Gasteiger partial charge in [-0.1, -0.05) is 30.3 Å².